The van der Waals surface area contributed by atoms with E-state index in [0.717, 1.165) is 19.3 Å². The van der Waals surface area contributed by atoms with Crippen molar-refractivity contribution < 1.29 is 14.3 Å². The van der Waals surface area contributed by atoms with E-state index in [1.165, 1.54) is 26.4 Å². The molecule has 0 radical (unpaired) electrons. The van der Waals surface area contributed by atoms with E-state index in [2.05, 4.69) is 6.92 Å². The highest BCUT2D eigenvalue weighted by molar-refractivity contribution is 5.69. The molecule has 1 aliphatic carbocycles. The van der Waals surface area contributed by atoms with Crippen LogP contribution in [0, 0.1) is 5.92 Å². The minimum atomic E-state index is -0.0870. The van der Waals surface area contributed by atoms with Gasteiger partial charge in [-0.3, -0.25) is 4.79 Å². The van der Waals surface area contributed by atoms with Crippen molar-refractivity contribution in [3.63, 3.8) is 0 Å². The Labute approximate surface area is 97.5 Å². The molecule has 1 heterocycles. The van der Waals surface area contributed by atoms with Crippen molar-refractivity contribution in [1.82, 2.24) is 0 Å². The first-order chi connectivity index (χ1) is 7.73. The average Bonchev–Trinajstić information content (AvgIpc) is 2.91. The third kappa shape index (κ3) is 2.10. The van der Waals surface area contributed by atoms with Crippen LogP contribution in [0.4, 0.5) is 0 Å². The molecule has 0 aromatic heterocycles. The van der Waals surface area contributed by atoms with Crippen molar-refractivity contribution in [1.29, 1.82) is 0 Å². The van der Waals surface area contributed by atoms with E-state index >= 15 is 0 Å². The zero-order chi connectivity index (χ0) is 11.6. The van der Waals surface area contributed by atoms with E-state index < -0.39 is 0 Å². The molecule has 0 amide bonds. The summed E-state index contributed by atoms with van der Waals surface area (Å²) in [6.45, 7) is 2.21. The van der Waals surface area contributed by atoms with Crippen LogP contribution in [0.15, 0.2) is 0 Å². The van der Waals surface area contributed by atoms with Crippen molar-refractivity contribution in [3.05, 3.63) is 0 Å². The van der Waals surface area contributed by atoms with Gasteiger partial charge < -0.3 is 9.47 Å². The smallest absolute Gasteiger partial charge is 0.305 e. The van der Waals surface area contributed by atoms with Gasteiger partial charge in [0.1, 0.15) is 0 Å². The summed E-state index contributed by atoms with van der Waals surface area (Å²) >= 11 is 0. The van der Waals surface area contributed by atoms with E-state index in [4.69, 9.17) is 9.47 Å². The Morgan fingerprint density at radius 1 is 1.44 bits per heavy atom. The number of unbranched alkanes of at least 4 members (excludes halogenated alkanes) is 2. The zero-order valence-electron chi connectivity index (χ0n) is 10.3. The highest BCUT2D eigenvalue weighted by atomic mass is 16.6. The number of methoxy groups -OCH3 is 1. The first kappa shape index (κ1) is 11.9. The molecule has 1 saturated carbocycles. The lowest BCUT2D eigenvalue weighted by Crippen LogP contribution is -2.25. The summed E-state index contributed by atoms with van der Waals surface area (Å²) in [4.78, 5) is 11.3. The van der Waals surface area contributed by atoms with Gasteiger partial charge in [0.25, 0.3) is 0 Å². The lowest BCUT2D eigenvalue weighted by molar-refractivity contribution is -0.142. The molecule has 2 rings (SSSR count). The summed E-state index contributed by atoms with van der Waals surface area (Å²) in [5, 5.41) is 0. The SMILES string of the molecule is CCCCC[C@@]12O[C@@H]1CC[C@@H]2CC(=O)OC. The highest BCUT2D eigenvalue weighted by Crippen LogP contribution is 2.57. The maximum atomic E-state index is 11.3. The van der Waals surface area contributed by atoms with E-state index in [1.807, 2.05) is 0 Å². The van der Waals surface area contributed by atoms with Crippen molar-refractivity contribution in [3.8, 4) is 0 Å². The molecule has 0 unspecified atom stereocenters. The van der Waals surface area contributed by atoms with Gasteiger partial charge >= 0.3 is 5.97 Å². The van der Waals surface area contributed by atoms with Crippen molar-refractivity contribution in [2.24, 2.45) is 5.92 Å². The van der Waals surface area contributed by atoms with Crippen LogP contribution in [0.2, 0.25) is 0 Å². The van der Waals surface area contributed by atoms with Crippen LogP contribution in [0.3, 0.4) is 0 Å². The third-order valence-corrected chi connectivity index (χ3v) is 4.13. The Bertz CT molecular complexity index is 264. The maximum absolute atomic E-state index is 11.3. The molecule has 3 heteroatoms. The molecule has 0 aromatic rings. The topological polar surface area (TPSA) is 38.8 Å². The molecule has 0 spiro atoms. The van der Waals surface area contributed by atoms with Crippen LogP contribution in [-0.2, 0) is 14.3 Å². The number of hydrogen-bond donors (Lipinski definition) is 0. The van der Waals surface area contributed by atoms with Crippen molar-refractivity contribution >= 4 is 5.97 Å². The highest BCUT2D eigenvalue weighted by Gasteiger charge is 2.64. The second-order valence-electron chi connectivity index (χ2n) is 5.07. The summed E-state index contributed by atoms with van der Waals surface area (Å²) in [5.74, 6) is 0.317. The number of ether oxygens (including phenoxy) is 2. The van der Waals surface area contributed by atoms with Crippen LogP contribution < -0.4 is 0 Å². The lowest BCUT2D eigenvalue weighted by atomic mass is 9.87. The Morgan fingerprint density at radius 2 is 2.25 bits per heavy atom. The number of fused-ring (bicyclic) bond motifs is 1. The fourth-order valence-corrected chi connectivity index (χ4v) is 3.12. The monoisotopic (exact) mass is 226 g/mol. The van der Waals surface area contributed by atoms with Gasteiger partial charge in [-0.2, -0.15) is 0 Å². The average molecular weight is 226 g/mol. The van der Waals surface area contributed by atoms with Crippen molar-refractivity contribution in [2.45, 2.75) is 63.6 Å². The minimum Gasteiger partial charge on any atom is -0.469 e. The molecule has 1 aliphatic heterocycles. The predicted octanol–water partition coefficient (Wildman–Crippen LogP) is 2.68. The Balaban J connectivity index is 1.86. The third-order valence-electron chi connectivity index (χ3n) is 4.13. The quantitative estimate of drug-likeness (QED) is 0.397. The van der Waals surface area contributed by atoms with Gasteiger partial charge in [0.2, 0.25) is 0 Å². The first-order valence-corrected chi connectivity index (χ1v) is 6.47. The van der Waals surface area contributed by atoms with Gasteiger partial charge in [-0.25, -0.2) is 0 Å². The number of epoxide rings is 1. The lowest BCUT2D eigenvalue weighted by Gasteiger charge is -2.19. The fraction of sp³-hybridized carbons (Fsp3) is 0.923. The van der Waals surface area contributed by atoms with Gasteiger partial charge in [0.15, 0.2) is 0 Å². The van der Waals surface area contributed by atoms with E-state index in [9.17, 15) is 4.79 Å². The fourth-order valence-electron chi connectivity index (χ4n) is 3.12. The molecule has 16 heavy (non-hydrogen) atoms. The van der Waals surface area contributed by atoms with Crippen LogP contribution in [0.1, 0.15) is 51.9 Å². The van der Waals surface area contributed by atoms with Gasteiger partial charge in [0.05, 0.1) is 25.2 Å². The number of carbonyl (C=O) groups is 1. The largest absolute Gasteiger partial charge is 0.469 e. The van der Waals surface area contributed by atoms with Gasteiger partial charge in [-0.05, 0) is 19.3 Å². The van der Waals surface area contributed by atoms with Crippen LogP contribution in [0.25, 0.3) is 0 Å². The predicted molar refractivity (Wildman–Crippen MR) is 61.1 cm³/mol. The minimum absolute atomic E-state index is 0.0589. The van der Waals surface area contributed by atoms with E-state index in [0.29, 0.717) is 18.4 Å². The van der Waals surface area contributed by atoms with Gasteiger partial charge in [-0.1, -0.05) is 26.2 Å². The molecular formula is C13H22O3. The summed E-state index contributed by atoms with van der Waals surface area (Å²) < 4.78 is 10.6. The zero-order valence-corrected chi connectivity index (χ0v) is 10.3. The first-order valence-electron chi connectivity index (χ1n) is 6.47. The molecule has 0 aromatic carbocycles. The standard InChI is InChI=1S/C13H22O3/c1-3-4-5-8-13-10(9-12(14)15-2)6-7-11(13)16-13/h10-11H,3-9H2,1-2H3/t10-,11-,13+/m1/s1. The Hall–Kier alpha value is -0.570. The molecule has 92 valence electrons. The molecule has 2 aliphatic rings. The van der Waals surface area contributed by atoms with Crippen LogP contribution in [0.5, 0.6) is 0 Å². The second kappa shape index (κ2) is 4.74. The number of rotatable bonds is 6. The molecular weight excluding hydrogens is 204 g/mol. The summed E-state index contributed by atoms with van der Waals surface area (Å²) in [5.41, 5.74) is 0.0589. The van der Waals surface area contributed by atoms with E-state index in [1.54, 1.807) is 0 Å². The van der Waals surface area contributed by atoms with Gasteiger partial charge in [0, 0.05) is 5.92 Å². The molecule has 1 saturated heterocycles. The molecule has 0 bridgehead atoms. The molecule has 0 N–H and O–H groups in total. The number of carbonyl (C=O) groups excluding carboxylic acids is 1. The second-order valence-corrected chi connectivity index (χ2v) is 5.07. The van der Waals surface area contributed by atoms with E-state index in [-0.39, 0.29) is 11.6 Å². The van der Waals surface area contributed by atoms with Crippen molar-refractivity contribution in [2.75, 3.05) is 7.11 Å². The Morgan fingerprint density at radius 3 is 2.88 bits per heavy atom. The number of hydrogen-bond acceptors (Lipinski definition) is 3. The molecule has 3 atom stereocenters. The van der Waals surface area contributed by atoms with Gasteiger partial charge in [-0.15, -0.1) is 0 Å². The number of esters is 1. The summed E-state index contributed by atoms with van der Waals surface area (Å²) in [7, 11) is 1.46. The summed E-state index contributed by atoms with van der Waals surface area (Å²) in [6, 6.07) is 0. The normalized spacial score (nSPS) is 35.9. The molecule has 2 fully saturated rings. The summed E-state index contributed by atoms with van der Waals surface area (Å²) in [6.07, 6.45) is 8.11. The maximum Gasteiger partial charge on any atom is 0.305 e. The Kier molecular flexibility index (Phi) is 3.53. The van der Waals surface area contributed by atoms with Crippen LogP contribution >= 0.6 is 0 Å². The molecule has 3 nitrogen and oxygen atoms in total. The van der Waals surface area contributed by atoms with Crippen LogP contribution in [-0.4, -0.2) is 24.8 Å².